The third kappa shape index (κ3) is 4.98. The quantitative estimate of drug-likeness (QED) is 0.775. The fraction of sp³-hybridized carbons (Fsp3) is 0.900. The molecule has 19 heavy (non-hydrogen) atoms. The van der Waals surface area contributed by atoms with Crippen LogP contribution in [0.25, 0.3) is 0 Å². The maximum Gasteiger partial charge on any atom is 0.389 e. The Bertz CT molecular complexity index is 436. The summed E-state index contributed by atoms with van der Waals surface area (Å²) >= 11 is 0. The fourth-order valence-electron chi connectivity index (χ4n) is 2.07. The van der Waals surface area contributed by atoms with Crippen molar-refractivity contribution < 1.29 is 26.4 Å². The van der Waals surface area contributed by atoms with E-state index in [2.05, 4.69) is 0 Å². The lowest BCUT2D eigenvalue weighted by atomic mass is 10.2. The molecule has 5 nitrogen and oxygen atoms in total. The fourth-order valence-corrected chi connectivity index (χ4v) is 3.20. The van der Waals surface area contributed by atoms with E-state index in [4.69, 9.17) is 0 Å². The van der Waals surface area contributed by atoms with Gasteiger partial charge >= 0.3 is 6.18 Å². The molecule has 0 aromatic heterocycles. The van der Waals surface area contributed by atoms with Crippen molar-refractivity contribution >= 4 is 15.9 Å². The van der Waals surface area contributed by atoms with Crippen molar-refractivity contribution in [3.05, 3.63) is 0 Å². The molecule has 0 radical (unpaired) electrons. The van der Waals surface area contributed by atoms with Gasteiger partial charge in [-0.2, -0.15) is 17.5 Å². The topological polar surface area (TPSA) is 57.7 Å². The van der Waals surface area contributed by atoms with Crippen molar-refractivity contribution in [1.82, 2.24) is 9.21 Å². The minimum Gasteiger partial charge on any atom is -0.340 e. The van der Waals surface area contributed by atoms with Gasteiger partial charge < -0.3 is 4.90 Å². The number of carbonyl (C=O) groups is 1. The minimum absolute atomic E-state index is 0.123. The highest BCUT2D eigenvalue weighted by molar-refractivity contribution is 7.88. The average Bonchev–Trinajstić information content (AvgIpc) is 2.22. The predicted molar refractivity (Wildman–Crippen MR) is 62.9 cm³/mol. The van der Waals surface area contributed by atoms with Gasteiger partial charge in [0.25, 0.3) is 0 Å². The number of alkyl halides is 3. The first kappa shape index (κ1) is 16.2. The number of hydrogen-bond acceptors (Lipinski definition) is 3. The van der Waals surface area contributed by atoms with Crippen LogP contribution in [0.4, 0.5) is 13.2 Å². The van der Waals surface area contributed by atoms with Crippen molar-refractivity contribution in [1.29, 1.82) is 0 Å². The Morgan fingerprint density at radius 3 is 2.32 bits per heavy atom. The number of carbonyl (C=O) groups excluding carboxylic acids is 1. The molecule has 1 atom stereocenters. The summed E-state index contributed by atoms with van der Waals surface area (Å²) in [4.78, 5) is 12.9. The normalized spacial score (nSPS) is 22.6. The van der Waals surface area contributed by atoms with Gasteiger partial charge in [-0.25, -0.2) is 8.42 Å². The molecule has 0 aromatic carbocycles. The van der Waals surface area contributed by atoms with Gasteiger partial charge in [0.2, 0.25) is 15.9 Å². The highest BCUT2D eigenvalue weighted by atomic mass is 32.2. The van der Waals surface area contributed by atoms with Gasteiger partial charge in [-0.05, 0) is 6.92 Å². The number of sulfonamides is 1. The Labute approximate surface area is 110 Å². The summed E-state index contributed by atoms with van der Waals surface area (Å²) in [6.07, 6.45) is -5.01. The van der Waals surface area contributed by atoms with Gasteiger partial charge in [0, 0.05) is 32.1 Å². The lowest BCUT2D eigenvalue weighted by Gasteiger charge is -2.38. The van der Waals surface area contributed by atoms with E-state index < -0.39 is 41.0 Å². The van der Waals surface area contributed by atoms with Crippen LogP contribution in [-0.4, -0.2) is 61.6 Å². The molecule has 1 aliphatic rings. The molecule has 1 fully saturated rings. The van der Waals surface area contributed by atoms with Crippen LogP contribution in [0.15, 0.2) is 0 Å². The number of hydrogen-bond donors (Lipinski definition) is 0. The van der Waals surface area contributed by atoms with Crippen LogP contribution in [0.2, 0.25) is 0 Å². The molecule has 0 aromatic rings. The first-order chi connectivity index (χ1) is 8.50. The van der Waals surface area contributed by atoms with E-state index in [1.807, 2.05) is 0 Å². The number of nitrogens with zero attached hydrogens (tertiary/aromatic N) is 2. The van der Waals surface area contributed by atoms with Crippen LogP contribution in [0.3, 0.4) is 0 Å². The third-order valence-corrected chi connectivity index (χ3v) is 4.36. The highest BCUT2D eigenvalue weighted by Gasteiger charge is 2.33. The largest absolute Gasteiger partial charge is 0.389 e. The monoisotopic (exact) mass is 302 g/mol. The van der Waals surface area contributed by atoms with E-state index in [0.717, 1.165) is 6.26 Å². The molecular weight excluding hydrogens is 285 g/mol. The van der Waals surface area contributed by atoms with Gasteiger partial charge in [0.05, 0.1) is 12.7 Å². The maximum absolute atomic E-state index is 12.0. The van der Waals surface area contributed by atoms with Crippen molar-refractivity contribution in [2.24, 2.45) is 0 Å². The Balaban J connectivity index is 2.54. The molecule has 0 aliphatic carbocycles. The second-order valence-corrected chi connectivity index (χ2v) is 6.61. The van der Waals surface area contributed by atoms with Crippen molar-refractivity contribution in [3.8, 4) is 0 Å². The standard InChI is InChI=1S/C10H17F3N2O3S/c1-8-7-14(5-6-15(8)19(2,17)18)9(16)3-4-10(11,12)13/h8H,3-7H2,1-2H3/t8-/m0/s1. The molecule has 0 spiro atoms. The molecule has 0 bridgehead atoms. The van der Waals surface area contributed by atoms with Gasteiger partial charge in [-0.3, -0.25) is 4.79 Å². The molecule has 9 heteroatoms. The second kappa shape index (κ2) is 5.66. The summed E-state index contributed by atoms with van der Waals surface area (Å²) < 4.78 is 60.1. The molecule has 1 aliphatic heterocycles. The zero-order chi connectivity index (χ0) is 14.8. The molecule has 0 unspecified atom stereocenters. The molecule has 1 saturated heterocycles. The van der Waals surface area contributed by atoms with Gasteiger partial charge in [-0.1, -0.05) is 0 Å². The summed E-state index contributed by atoms with van der Waals surface area (Å²) in [6, 6.07) is -0.418. The summed E-state index contributed by atoms with van der Waals surface area (Å²) in [7, 11) is -3.34. The summed E-state index contributed by atoms with van der Waals surface area (Å²) in [5.41, 5.74) is 0. The highest BCUT2D eigenvalue weighted by Crippen LogP contribution is 2.22. The van der Waals surface area contributed by atoms with Gasteiger partial charge in [0.1, 0.15) is 0 Å². The number of halogens is 3. The minimum atomic E-state index is -4.35. The Kier molecular flexibility index (Phi) is 4.83. The van der Waals surface area contributed by atoms with Gasteiger partial charge in [-0.15, -0.1) is 0 Å². The van der Waals surface area contributed by atoms with Crippen LogP contribution in [0.5, 0.6) is 0 Å². The molecular formula is C10H17F3N2O3S. The van der Waals surface area contributed by atoms with E-state index in [1.54, 1.807) is 6.92 Å². The third-order valence-electron chi connectivity index (χ3n) is 2.97. The van der Waals surface area contributed by atoms with E-state index in [0.29, 0.717) is 0 Å². The molecule has 1 amide bonds. The Morgan fingerprint density at radius 2 is 1.89 bits per heavy atom. The summed E-state index contributed by atoms with van der Waals surface area (Å²) in [5.74, 6) is -0.586. The smallest absolute Gasteiger partial charge is 0.340 e. The molecule has 112 valence electrons. The van der Waals surface area contributed by atoms with Crippen LogP contribution >= 0.6 is 0 Å². The molecule has 1 heterocycles. The van der Waals surface area contributed by atoms with Crippen molar-refractivity contribution in [3.63, 3.8) is 0 Å². The summed E-state index contributed by atoms with van der Waals surface area (Å²) in [5, 5.41) is 0. The maximum atomic E-state index is 12.0. The number of amides is 1. The first-order valence-electron chi connectivity index (χ1n) is 5.82. The molecule has 1 rings (SSSR count). The van der Waals surface area contributed by atoms with E-state index in [9.17, 15) is 26.4 Å². The van der Waals surface area contributed by atoms with E-state index in [-0.39, 0.29) is 19.6 Å². The van der Waals surface area contributed by atoms with Crippen LogP contribution in [0.1, 0.15) is 19.8 Å². The van der Waals surface area contributed by atoms with Gasteiger partial charge in [0.15, 0.2) is 0 Å². The Morgan fingerprint density at radius 1 is 1.32 bits per heavy atom. The van der Waals surface area contributed by atoms with E-state index >= 15 is 0 Å². The van der Waals surface area contributed by atoms with Crippen LogP contribution in [-0.2, 0) is 14.8 Å². The zero-order valence-corrected chi connectivity index (χ0v) is 11.6. The predicted octanol–water partition coefficient (Wildman–Crippen LogP) is 0.821. The first-order valence-corrected chi connectivity index (χ1v) is 7.67. The Hall–Kier alpha value is -0.830. The SMILES string of the molecule is C[C@H]1CN(C(=O)CCC(F)(F)F)CCN1S(C)(=O)=O. The average molecular weight is 302 g/mol. The number of rotatable bonds is 3. The van der Waals surface area contributed by atoms with Crippen molar-refractivity contribution in [2.45, 2.75) is 32.0 Å². The van der Waals surface area contributed by atoms with Crippen LogP contribution in [0, 0.1) is 0 Å². The zero-order valence-electron chi connectivity index (χ0n) is 10.8. The lowest BCUT2D eigenvalue weighted by molar-refractivity contribution is -0.150. The van der Waals surface area contributed by atoms with Crippen molar-refractivity contribution in [2.75, 3.05) is 25.9 Å². The van der Waals surface area contributed by atoms with Crippen LogP contribution < -0.4 is 0 Å². The summed E-state index contributed by atoms with van der Waals surface area (Å²) in [6.45, 7) is 2.01. The molecule has 0 N–H and O–H groups in total. The molecule has 0 saturated carbocycles. The van der Waals surface area contributed by atoms with E-state index in [1.165, 1.54) is 9.21 Å². The lowest BCUT2D eigenvalue weighted by Crippen LogP contribution is -2.55. The second-order valence-electron chi connectivity index (χ2n) is 4.68. The number of piperazine rings is 1.